The van der Waals surface area contributed by atoms with Gasteiger partial charge in [0.2, 0.25) is 0 Å². The Morgan fingerprint density at radius 1 is 1.00 bits per heavy atom. The van der Waals surface area contributed by atoms with Gasteiger partial charge in [0.1, 0.15) is 0 Å². The predicted molar refractivity (Wildman–Crippen MR) is 46.4 cm³/mol. The average Bonchev–Trinajstić information content (AvgIpc) is 2.49. The first-order valence-electron chi connectivity index (χ1n) is 5.80. The fourth-order valence-corrected chi connectivity index (χ4v) is 6.75. The number of hydrogen-bond donors (Lipinski definition) is 0. The second-order valence-corrected chi connectivity index (χ2v) is 6.64. The van der Waals surface area contributed by atoms with E-state index < -0.39 is 0 Å². The molecule has 0 radical (unpaired) electrons. The normalized spacial score (nSPS) is 85.2. The maximum absolute atomic E-state index is 2.61. The van der Waals surface area contributed by atoms with Gasteiger partial charge in [-0.2, -0.15) is 0 Å². The fourth-order valence-electron chi connectivity index (χ4n) is 6.75. The molecular weight excluding hydrogens is 144 g/mol. The van der Waals surface area contributed by atoms with Gasteiger partial charge < -0.3 is 0 Å². The van der Waals surface area contributed by atoms with Crippen LogP contribution >= 0.6 is 0 Å². The molecule has 64 valence electrons. The van der Waals surface area contributed by atoms with Crippen molar-refractivity contribution in [3.05, 3.63) is 0 Å². The molecule has 7 unspecified atom stereocenters. The lowest BCUT2D eigenvalue weighted by Crippen LogP contribution is -2.43. The minimum absolute atomic E-state index is 0.854. The van der Waals surface area contributed by atoms with Crippen molar-refractivity contribution in [2.75, 3.05) is 0 Å². The predicted octanol–water partition coefficient (Wildman–Crippen LogP) is 2.54. The first-order chi connectivity index (χ1) is 5.80. The van der Waals surface area contributed by atoms with E-state index in [2.05, 4.69) is 6.92 Å². The van der Waals surface area contributed by atoms with Crippen molar-refractivity contribution < 1.29 is 0 Å². The molecule has 0 aromatic rings. The standard InChI is InChI=1S/C12H16/c1-12-3-5-2-6-8(5)10-7(4-12)9(6)11(10)12/h5-11H,2-4H2,1H3/t5?,6?,7?,8?,9?,10?,11?,12-/m0/s1. The van der Waals surface area contributed by atoms with Gasteiger partial charge in [-0.1, -0.05) is 6.92 Å². The van der Waals surface area contributed by atoms with Gasteiger partial charge in [0.15, 0.2) is 0 Å². The Labute approximate surface area is 73.7 Å². The molecule has 7 aliphatic carbocycles. The van der Waals surface area contributed by atoms with Crippen molar-refractivity contribution in [3.63, 3.8) is 0 Å². The topological polar surface area (TPSA) is 0 Å². The minimum Gasteiger partial charge on any atom is -0.0593 e. The summed E-state index contributed by atoms with van der Waals surface area (Å²) in [7, 11) is 0. The highest BCUT2D eigenvalue weighted by atomic mass is 14.9. The van der Waals surface area contributed by atoms with E-state index in [1.54, 1.807) is 19.3 Å². The molecule has 0 aliphatic heterocycles. The van der Waals surface area contributed by atoms with Crippen LogP contribution in [0.1, 0.15) is 26.2 Å². The minimum atomic E-state index is 0.854. The highest BCUT2D eigenvalue weighted by molar-refractivity contribution is 5.29. The van der Waals surface area contributed by atoms with Crippen LogP contribution in [-0.2, 0) is 0 Å². The summed E-state index contributed by atoms with van der Waals surface area (Å²) >= 11 is 0. The van der Waals surface area contributed by atoms with Crippen LogP contribution in [0.2, 0.25) is 0 Å². The van der Waals surface area contributed by atoms with Crippen LogP contribution in [0.15, 0.2) is 0 Å². The zero-order valence-electron chi connectivity index (χ0n) is 7.66. The molecule has 7 aliphatic rings. The highest BCUT2D eigenvalue weighted by Gasteiger charge is 2.81. The molecule has 6 bridgehead atoms. The van der Waals surface area contributed by atoms with Gasteiger partial charge in [-0.05, 0) is 66.1 Å². The first kappa shape index (κ1) is 5.67. The van der Waals surface area contributed by atoms with Crippen LogP contribution in [0.3, 0.4) is 0 Å². The van der Waals surface area contributed by atoms with E-state index >= 15 is 0 Å². The summed E-state index contributed by atoms with van der Waals surface area (Å²) in [4.78, 5) is 0. The Morgan fingerprint density at radius 2 is 1.92 bits per heavy atom. The van der Waals surface area contributed by atoms with E-state index in [-0.39, 0.29) is 0 Å². The van der Waals surface area contributed by atoms with Crippen LogP contribution in [-0.4, -0.2) is 0 Å². The summed E-state index contributed by atoms with van der Waals surface area (Å²) in [5.41, 5.74) is 0.854. The zero-order chi connectivity index (χ0) is 7.66. The fraction of sp³-hybridized carbons (Fsp3) is 1.00. The van der Waals surface area contributed by atoms with Gasteiger partial charge in [-0.25, -0.2) is 0 Å². The molecule has 0 amide bonds. The van der Waals surface area contributed by atoms with Gasteiger partial charge in [-0.3, -0.25) is 0 Å². The number of rotatable bonds is 0. The zero-order valence-corrected chi connectivity index (χ0v) is 7.66. The molecule has 0 heterocycles. The van der Waals surface area contributed by atoms with E-state index in [1.807, 2.05) is 0 Å². The SMILES string of the molecule is C[C@]12CC3CC4C3C3C(C1)C4C32. The third kappa shape index (κ3) is 0.300. The van der Waals surface area contributed by atoms with E-state index in [4.69, 9.17) is 0 Å². The summed E-state index contributed by atoms with van der Waals surface area (Å²) < 4.78 is 0. The van der Waals surface area contributed by atoms with E-state index in [9.17, 15) is 0 Å². The van der Waals surface area contributed by atoms with Crippen molar-refractivity contribution in [1.82, 2.24) is 0 Å². The lowest BCUT2D eigenvalue weighted by molar-refractivity contribution is -0.00364. The molecule has 0 aromatic carbocycles. The second kappa shape index (κ2) is 1.22. The van der Waals surface area contributed by atoms with Crippen LogP contribution in [0.25, 0.3) is 0 Å². The van der Waals surface area contributed by atoms with Crippen LogP contribution < -0.4 is 0 Å². The third-order valence-electron chi connectivity index (χ3n) is 6.61. The lowest BCUT2D eigenvalue weighted by atomic mass is 9.56. The Morgan fingerprint density at radius 3 is 2.83 bits per heavy atom. The molecule has 0 saturated heterocycles. The summed E-state index contributed by atoms with van der Waals surface area (Å²) in [5.74, 6) is 8.71. The Hall–Kier alpha value is 0. The maximum Gasteiger partial charge on any atom is -0.0286 e. The molecule has 12 heavy (non-hydrogen) atoms. The van der Waals surface area contributed by atoms with E-state index in [0.29, 0.717) is 0 Å². The van der Waals surface area contributed by atoms with Crippen molar-refractivity contribution in [1.29, 1.82) is 0 Å². The van der Waals surface area contributed by atoms with Crippen molar-refractivity contribution in [2.45, 2.75) is 26.2 Å². The van der Waals surface area contributed by atoms with Gasteiger partial charge in [-0.15, -0.1) is 0 Å². The molecule has 8 atom stereocenters. The molecule has 0 spiro atoms. The van der Waals surface area contributed by atoms with E-state index in [0.717, 1.165) is 5.41 Å². The third-order valence-corrected chi connectivity index (χ3v) is 6.61. The summed E-state index contributed by atoms with van der Waals surface area (Å²) in [6.07, 6.45) is 4.91. The Balaban J connectivity index is 1.84. The molecule has 0 N–H and O–H groups in total. The van der Waals surface area contributed by atoms with Crippen LogP contribution in [0, 0.1) is 46.8 Å². The van der Waals surface area contributed by atoms with Gasteiger partial charge in [0.05, 0.1) is 0 Å². The monoisotopic (exact) mass is 160 g/mol. The maximum atomic E-state index is 2.61. The second-order valence-electron chi connectivity index (χ2n) is 6.64. The van der Waals surface area contributed by atoms with Crippen LogP contribution in [0.4, 0.5) is 0 Å². The largest absolute Gasteiger partial charge is 0.0593 e. The summed E-state index contributed by atoms with van der Waals surface area (Å²) in [6.45, 7) is 2.61. The molecular formula is C12H16. The average molecular weight is 160 g/mol. The van der Waals surface area contributed by atoms with Crippen molar-refractivity contribution >= 4 is 0 Å². The molecule has 7 rings (SSSR count). The summed E-state index contributed by atoms with van der Waals surface area (Å²) in [5, 5.41) is 0. The van der Waals surface area contributed by atoms with Gasteiger partial charge in [0.25, 0.3) is 0 Å². The summed E-state index contributed by atoms with van der Waals surface area (Å²) in [6, 6.07) is 0. The number of hydrogen-bond acceptors (Lipinski definition) is 0. The van der Waals surface area contributed by atoms with Gasteiger partial charge >= 0.3 is 0 Å². The molecule has 0 heteroatoms. The lowest BCUT2D eigenvalue weighted by Gasteiger charge is -2.48. The Bertz CT molecular complexity index is 288. The molecule has 7 saturated carbocycles. The van der Waals surface area contributed by atoms with E-state index in [1.165, 1.54) is 41.4 Å². The molecule has 7 fully saturated rings. The Kier molecular flexibility index (Phi) is 0.578. The smallest absolute Gasteiger partial charge is 0.0286 e. The molecule has 0 aromatic heterocycles. The first-order valence-corrected chi connectivity index (χ1v) is 5.80. The van der Waals surface area contributed by atoms with Crippen molar-refractivity contribution in [3.8, 4) is 0 Å². The highest BCUT2D eigenvalue weighted by Crippen LogP contribution is 2.87. The molecule has 0 nitrogen and oxygen atoms in total. The quantitative estimate of drug-likeness (QED) is 0.511. The van der Waals surface area contributed by atoms with Crippen molar-refractivity contribution in [2.24, 2.45) is 46.8 Å². The van der Waals surface area contributed by atoms with Crippen LogP contribution in [0.5, 0.6) is 0 Å². The van der Waals surface area contributed by atoms with Gasteiger partial charge in [0, 0.05) is 0 Å².